The number of carbonyl (C=O) groups is 2. The van der Waals surface area contributed by atoms with Gasteiger partial charge in [-0.05, 0) is 55.3 Å². The minimum absolute atomic E-state index is 0.326. The van der Waals surface area contributed by atoms with Gasteiger partial charge < -0.3 is 16.0 Å². The second kappa shape index (κ2) is 6.70. The van der Waals surface area contributed by atoms with Crippen LogP contribution in [0.3, 0.4) is 0 Å². The monoisotopic (exact) mass is 327 g/mol. The molecule has 24 heavy (non-hydrogen) atoms. The summed E-state index contributed by atoms with van der Waals surface area (Å²) in [5, 5.41) is 2.81. The predicted molar refractivity (Wildman–Crippen MR) is 90.8 cm³/mol. The second-order valence-corrected chi connectivity index (χ2v) is 5.75. The first-order valence-electron chi connectivity index (χ1n) is 7.80. The molecule has 1 saturated heterocycles. The van der Waals surface area contributed by atoms with Gasteiger partial charge in [-0.1, -0.05) is 0 Å². The molecule has 1 fully saturated rings. The lowest BCUT2D eigenvalue weighted by Crippen LogP contribution is -2.22. The highest BCUT2D eigenvalue weighted by Gasteiger charge is 2.18. The molecule has 6 heteroatoms. The number of anilines is 2. The molecule has 0 spiro atoms. The summed E-state index contributed by atoms with van der Waals surface area (Å²) in [4.78, 5) is 26.0. The molecule has 0 unspecified atom stereocenters. The maximum Gasteiger partial charge on any atom is 0.255 e. The molecule has 0 radical (unpaired) electrons. The minimum atomic E-state index is -0.555. The fourth-order valence-electron chi connectivity index (χ4n) is 2.82. The number of nitrogens with two attached hydrogens (primary N) is 1. The third kappa shape index (κ3) is 3.37. The van der Waals surface area contributed by atoms with Crippen LogP contribution in [0.15, 0.2) is 42.5 Å². The van der Waals surface area contributed by atoms with Gasteiger partial charge in [0, 0.05) is 24.2 Å². The average molecular weight is 327 g/mol. The molecular formula is C18H18FN3O2. The van der Waals surface area contributed by atoms with Gasteiger partial charge in [-0.15, -0.1) is 0 Å². The first-order valence-corrected chi connectivity index (χ1v) is 7.80. The summed E-state index contributed by atoms with van der Waals surface area (Å²) in [6.45, 7) is 1.80. The van der Waals surface area contributed by atoms with Crippen LogP contribution in [0.2, 0.25) is 0 Å². The Morgan fingerprint density at radius 2 is 1.62 bits per heavy atom. The van der Waals surface area contributed by atoms with Crippen LogP contribution < -0.4 is 16.0 Å². The smallest absolute Gasteiger partial charge is 0.255 e. The largest absolute Gasteiger partial charge is 0.370 e. The van der Waals surface area contributed by atoms with E-state index >= 15 is 0 Å². The predicted octanol–water partition coefficient (Wildman–Crippen LogP) is 2.78. The van der Waals surface area contributed by atoms with Crippen molar-refractivity contribution in [3.63, 3.8) is 0 Å². The first kappa shape index (κ1) is 16.0. The summed E-state index contributed by atoms with van der Waals surface area (Å²) >= 11 is 0. The molecule has 124 valence electrons. The Hall–Kier alpha value is -2.89. The maximum absolute atomic E-state index is 13.0. The molecule has 3 N–H and O–H groups in total. The summed E-state index contributed by atoms with van der Waals surface area (Å²) in [6, 6.07) is 10.3. The molecule has 0 aliphatic carbocycles. The van der Waals surface area contributed by atoms with Gasteiger partial charge >= 0.3 is 0 Å². The summed E-state index contributed by atoms with van der Waals surface area (Å²) in [7, 11) is 0. The van der Waals surface area contributed by atoms with Gasteiger partial charge in [-0.3, -0.25) is 9.59 Å². The standard InChI is InChI=1S/C18H18FN3O2/c19-14-6-3-12(4-7-14)18(24)21-15-11-13(17(20)23)5-8-16(15)22-9-1-2-10-22/h3-8,11H,1-2,9-10H2,(H2,20,23)(H,21,24). The third-order valence-corrected chi connectivity index (χ3v) is 4.08. The molecule has 1 aliphatic rings. The van der Waals surface area contributed by atoms with Crippen molar-refractivity contribution in [3.8, 4) is 0 Å². The number of nitrogens with one attached hydrogen (secondary N) is 1. The highest BCUT2D eigenvalue weighted by molar-refractivity contribution is 6.07. The number of hydrogen-bond acceptors (Lipinski definition) is 3. The van der Waals surface area contributed by atoms with Crippen molar-refractivity contribution in [3.05, 3.63) is 59.4 Å². The Kier molecular flexibility index (Phi) is 4.46. The Labute approximate surface area is 139 Å². The lowest BCUT2D eigenvalue weighted by atomic mass is 10.1. The molecule has 0 bridgehead atoms. The summed E-state index contributed by atoms with van der Waals surface area (Å²) in [6.07, 6.45) is 2.17. The van der Waals surface area contributed by atoms with E-state index in [0.29, 0.717) is 16.8 Å². The number of nitrogens with zero attached hydrogens (tertiary/aromatic N) is 1. The van der Waals surface area contributed by atoms with E-state index in [2.05, 4.69) is 10.2 Å². The van der Waals surface area contributed by atoms with Crippen molar-refractivity contribution in [1.82, 2.24) is 0 Å². The number of rotatable bonds is 4. The number of hydrogen-bond donors (Lipinski definition) is 2. The Bertz CT molecular complexity index is 768. The Balaban J connectivity index is 1.91. The summed E-state index contributed by atoms with van der Waals surface area (Å²) < 4.78 is 13.0. The van der Waals surface area contributed by atoms with Crippen LogP contribution in [-0.4, -0.2) is 24.9 Å². The Morgan fingerprint density at radius 3 is 2.25 bits per heavy atom. The lowest BCUT2D eigenvalue weighted by molar-refractivity contribution is 0.0996. The van der Waals surface area contributed by atoms with E-state index in [0.717, 1.165) is 31.6 Å². The third-order valence-electron chi connectivity index (χ3n) is 4.08. The minimum Gasteiger partial charge on any atom is -0.370 e. The second-order valence-electron chi connectivity index (χ2n) is 5.75. The van der Waals surface area contributed by atoms with Crippen molar-refractivity contribution < 1.29 is 14.0 Å². The van der Waals surface area contributed by atoms with Crippen molar-refractivity contribution in [2.75, 3.05) is 23.3 Å². The van der Waals surface area contributed by atoms with Crippen molar-refractivity contribution in [2.24, 2.45) is 5.73 Å². The SMILES string of the molecule is NC(=O)c1ccc(N2CCCC2)c(NC(=O)c2ccc(F)cc2)c1. The van der Waals surface area contributed by atoms with E-state index in [1.165, 1.54) is 24.3 Å². The molecule has 2 aromatic carbocycles. The molecule has 0 atom stereocenters. The maximum atomic E-state index is 13.0. The van der Waals surface area contributed by atoms with Crippen LogP contribution in [0.25, 0.3) is 0 Å². The van der Waals surface area contributed by atoms with Crippen molar-refractivity contribution >= 4 is 23.2 Å². The number of amides is 2. The zero-order valence-corrected chi connectivity index (χ0v) is 13.1. The first-order chi connectivity index (χ1) is 11.5. The summed E-state index contributed by atoms with van der Waals surface area (Å²) in [5.74, 6) is -1.32. The lowest BCUT2D eigenvalue weighted by Gasteiger charge is -2.22. The molecule has 0 saturated carbocycles. The molecule has 1 aliphatic heterocycles. The van der Waals surface area contributed by atoms with Gasteiger partial charge in [0.25, 0.3) is 5.91 Å². The highest BCUT2D eigenvalue weighted by atomic mass is 19.1. The van der Waals surface area contributed by atoms with Gasteiger partial charge in [0.05, 0.1) is 11.4 Å². The topological polar surface area (TPSA) is 75.4 Å². The fraction of sp³-hybridized carbons (Fsp3) is 0.222. The van der Waals surface area contributed by atoms with E-state index < -0.39 is 11.7 Å². The molecule has 3 rings (SSSR count). The van der Waals surface area contributed by atoms with E-state index in [1.54, 1.807) is 18.2 Å². The Morgan fingerprint density at radius 1 is 1.00 bits per heavy atom. The number of carbonyl (C=O) groups excluding carboxylic acids is 2. The van der Waals surface area contributed by atoms with Crippen LogP contribution in [-0.2, 0) is 0 Å². The van der Waals surface area contributed by atoms with Crippen molar-refractivity contribution in [2.45, 2.75) is 12.8 Å². The molecular weight excluding hydrogens is 309 g/mol. The highest BCUT2D eigenvalue weighted by Crippen LogP contribution is 2.30. The van der Waals surface area contributed by atoms with E-state index in [-0.39, 0.29) is 5.91 Å². The zero-order chi connectivity index (χ0) is 17.1. The van der Waals surface area contributed by atoms with E-state index in [4.69, 9.17) is 5.73 Å². The van der Waals surface area contributed by atoms with Crippen LogP contribution in [0.1, 0.15) is 33.6 Å². The van der Waals surface area contributed by atoms with Crippen molar-refractivity contribution in [1.29, 1.82) is 0 Å². The van der Waals surface area contributed by atoms with Gasteiger partial charge in [0.1, 0.15) is 5.82 Å². The van der Waals surface area contributed by atoms with E-state index in [9.17, 15) is 14.0 Å². The molecule has 2 amide bonds. The molecule has 1 heterocycles. The van der Waals surface area contributed by atoms with Gasteiger partial charge in [0.2, 0.25) is 5.91 Å². The number of benzene rings is 2. The summed E-state index contributed by atoms with van der Waals surface area (Å²) in [5.41, 5.74) is 7.39. The van der Waals surface area contributed by atoms with Crippen LogP contribution in [0.4, 0.5) is 15.8 Å². The van der Waals surface area contributed by atoms with Gasteiger partial charge in [-0.2, -0.15) is 0 Å². The van der Waals surface area contributed by atoms with Gasteiger partial charge in [-0.25, -0.2) is 4.39 Å². The normalized spacial score (nSPS) is 13.8. The number of primary amides is 1. The van der Waals surface area contributed by atoms with Crippen LogP contribution in [0, 0.1) is 5.82 Å². The molecule has 0 aromatic heterocycles. The quantitative estimate of drug-likeness (QED) is 0.906. The number of halogens is 1. The van der Waals surface area contributed by atoms with E-state index in [1.807, 2.05) is 0 Å². The van der Waals surface area contributed by atoms with Crippen LogP contribution >= 0.6 is 0 Å². The zero-order valence-electron chi connectivity index (χ0n) is 13.1. The van der Waals surface area contributed by atoms with Crippen LogP contribution in [0.5, 0.6) is 0 Å². The van der Waals surface area contributed by atoms with Gasteiger partial charge in [0.15, 0.2) is 0 Å². The molecule has 2 aromatic rings. The fourth-order valence-corrected chi connectivity index (χ4v) is 2.82. The molecule has 5 nitrogen and oxygen atoms in total. The average Bonchev–Trinajstić information content (AvgIpc) is 3.09.